The van der Waals surface area contributed by atoms with Crippen molar-refractivity contribution in [2.75, 3.05) is 19.1 Å². The van der Waals surface area contributed by atoms with Gasteiger partial charge in [-0.05, 0) is 31.4 Å². The van der Waals surface area contributed by atoms with Crippen molar-refractivity contribution in [1.82, 2.24) is 0 Å². The molecule has 20 heavy (non-hydrogen) atoms. The fourth-order valence-electron chi connectivity index (χ4n) is 2.50. The van der Waals surface area contributed by atoms with Crippen LogP contribution in [0.5, 0.6) is 0 Å². The number of carboxylic acid groups (broad SMARTS) is 1. The second-order valence-corrected chi connectivity index (χ2v) is 5.19. The Hall–Kier alpha value is -1.88. The predicted molar refractivity (Wildman–Crippen MR) is 75.0 cm³/mol. The number of hydrogen-bond acceptors (Lipinski definition) is 3. The highest BCUT2D eigenvalue weighted by atomic mass is 16.5. The monoisotopic (exact) mass is 277 g/mol. The maximum atomic E-state index is 12.3. The highest BCUT2D eigenvalue weighted by Crippen LogP contribution is 2.38. The largest absolute Gasteiger partial charge is 0.478 e. The Morgan fingerprint density at radius 2 is 2.00 bits per heavy atom. The van der Waals surface area contributed by atoms with Crippen molar-refractivity contribution in [1.29, 1.82) is 0 Å². The van der Waals surface area contributed by atoms with Crippen molar-refractivity contribution in [3.05, 3.63) is 29.8 Å². The molecule has 0 aliphatic heterocycles. The summed E-state index contributed by atoms with van der Waals surface area (Å²) in [7, 11) is 3.23. The first kappa shape index (κ1) is 14.5. The lowest BCUT2D eigenvalue weighted by Gasteiger charge is -2.40. The molecule has 1 aliphatic rings. The smallest absolute Gasteiger partial charge is 0.337 e. The van der Waals surface area contributed by atoms with Crippen LogP contribution in [0.2, 0.25) is 0 Å². The summed E-state index contributed by atoms with van der Waals surface area (Å²) in [5.74, 6) is -1.16. The van der Waals surface area contributed by atoms with Crippen LogP contribution in [0.4, 0.5) is 5.69 Å². The number of rotatable bonds is 5. The molecule has 1 saturated carbocycles. The number of carboxylic acids is 1. The fourth-order valence-corrected chi connectivity index (χ4v) is 2.50. The number of carbonyl (C=O) groups excluding carboxylic acids is 1. The summed E-state index contributed by atoms with van der Waals surface area (Å²) in [5, 5.41) is 9.17. The van der Waals surface area contributed by atoms with Gasteiger partial charge in [0.05, 0.1) is 23.3 Å². The molecular weight excluding hydrogens is 258 g/mol. The van der Waals surface area contributed by atoms with Crippen LogP contribution in [-0.2, 0) is 9.53 Å². The quantitative estimate of drug-likeness (QED) is 0.896. The Labute approximate surface area is 118 Å². The second-order valence-electron chi connectivity index (χ2n) is 5.19. The fraction of sp³-hybridized carbons (Fsp3) is 0.467. The third-order valence-corrected chi connectivity index (χ3v) is 4.04. The summed E-state index contributed by atoms with van der Waals surface area (Å²) in [6.45, 7) is 0. The van der Waals surface area contributed by atoms with Crippen molar-refractivity contribution < 1.29 is 19.4 Å². The molecule has 1 fully saturated rings. The van der Waals surface area contributed by atoms with Crippen LogP contribution in [0, 0.1) is 0 Å². The Bertz CT molecular complexity index is 517. The molecule has 0 radical (unpaired) electrons. The lowest BCUT2D eigenvalue weighted by molar-refractivity contribution is -0.131. The number of ether oxygens (including phenoxy) is 1. The predicted octanol–water partition coefficient (Wildman–Crippen LogP) is 2.31. The number of methoxy groups -OCH3 is 1. The molecule has 0 bridgehead atoms. The van der Waals surface area contributed by atoms with Crippen molar-refractivity contribution in [3.8, 4) is 0 Å². The van der Waals surface area contributed by atoms with Gasteiger partial charge < -0.3 is 14.7 Å². The minimum absolute atomic E-state index is 0.125. The van der Waals surface area contributed by atoms with E-state index < -0.39 is 5.97 Å². The first-order chi connectivity index (χ1) is 9.49. The molecule has 2 rings (SSSR count). The minimum Gasteiger partial charge on any atom is -0.478 e. The molecule has 0 heterocycles. The summed E-state index contributed by atoms with van der Waals surface area (Å²) >= 11 is 0. The van der Waals surface area contributed by atoms with E-state index in [4.69, 9.17) is 9.84 Å². The van der Waals surface area contributed by atoms with Crippen LogP contribution >= 0.6 is 0 Å². The summed E-state index contributed by atoms with van der Waals surface area (Å²) in [6.07, 6.45) is 3.11. The summed E-state index contributed by atoms with van der Waals surface area (Å²) in [4.78, 5) is 24.9. The number of aromatic carboxylic acids is 1. The standard InChI is InChI=1S/C15H19NO4/c1-16(12-7-4-3-6-11(12)14(18)19)13(17)10-15(20-2)8-5-9-15/h3-4,6-7H,5,8-10H2,1-2H3,(H,18,19). The number of amides is 1. The molecule has 0 aromatic heterocycles. The third-order valence-electron chi connectivity index (χ3n) is 4.04. The molecule has 1 aromatic carbocycles. The maximum absolute atomic E-state index is 12.3. The molecular formula is C15H19NO4. The number of benzene rings is 1. The average molecular weight is 277 g/mol. The number of anilines is 1. The lowest BCUT2D eigenvalue weighted by atomic mass is 9.77. The Balaban J connectivity index is 2.17. The van der Waals surface area contributed by atoms with Gasteiger partial charge in [-0.25, -0.2) is 4.79 Å². The van der Waals surface area contributed by atoms with E-state index in [1.807, 2.05) is 0 Å². The zero-order valence-corrected chi connectivity index (χ0v) is 11.8. The molecule has 1 N–H and O–H groups in total. The SMILES string of the molecule is COC1(CC(=O)N(C)c2ccccc2C(=O)O)CCC1. The van der Waals surface area contributed by atoms with Gasteiger partial charge >= 0.3 is 5.97 Å². The molecule has 0 unspecified atom stereocenters. The van der Waals surface area contributed by atoms with Crippen molar-refractivity contribution >= 4 is 17.6 Å². The van der Waals surface area contributed by atoms with Gasteiger partial charge in [0.1, 0.15) is 0 Å². The van der Waals surface area contributed by atoms with Gasteiger partial charge in [0.2, 0.25) is 5.91 Å². The molecule has 5 nitrogen and oxygen atoms in total. The van der Waals surface area contributed by atoms with Gasteiger partial charge in [0, 0.05) is 14.2 Å². The Morgan fingerprint density at radius 3 is 2.50 bits per heavy atom. The van der Waals surface area contributed by atoms with Crippen molar-refractivity contribution in [2.45, 2.75) is 31.3 Å². The highest BCUT2D eigenvalue weighted by Gasteiger charge is 2.40. The third kappa shape index (κ3) is 2.67. The molecule has 1 amide bonds. The summed E-state index contributed by atoms with van der Waals surface area (Å²) in [5.41, 5.74) is 0.183. The number of nitrogens with zero attached hydrogens (tertiary/aromatic N) is 1. The Kier molecular flexibility index (Phi) is 4.09. The molecule has 0 saturated heterocycles. The van der Waals surface area contributed by atoms with Gasteiger partial charge in [-0.1, -0.05) is 12.1 Å². The van der Waals surface area contributed by atoms with Crippen LogP contribution in [0.1, 0.15) is 36.0 Å². The van der Waals surface area contributed by atoms with Crippen LogP contribution in [-0.4, -0.2) is 36.7 Å². The van der Waals surface area contributed by atoms with E-state index in [0.717, 1.165) is 19.3 Å². The molecule has 0 spiro atoms. The zero-order valence-electron chi connectivity index (χ0n) is 11.8. The van der Waals surface area contributed by atoms with Crippen LogP contribution in [0.25, 0.3) is 0 Å². The van der Waals surface area contributed by atoms with E-state index in [0.29, 0.717) is 5.69 Å². The molecule has 0 atom stereocenters. The van der Waals surface area contributed by atoms with Gasteiger partial charge in [-0.2, -0.15) is 0 Å². The summed E-state index contributed by atoms with van der Waals surface area (Å²) in [6, 6.07) is 6.51. The first-order valence-electron chi connectivity index (χ1n) is 6.63. The van der Waals surface area contributed by atoms with E-state index in [-0.39, 0.29) is 23.5 Å². The molecule has 1 aromatic rings. The molecule has 108 valence electrons. The van der Waals surface area contributed by atoms with Crippen LogP contribution in [0.3, 0.4) is 0 Å². The van der Waals surface area contributed by atoms with E-state index in [9.17, 15) is 9.59 Å². The molecule has 1 aliphatic carbocycles. The second kappa shape index (κ2) is 5.63. The number of carbonyl (C=O) groups is 2. The highest BCUT2D eigenvalue weighted by molar-refractivity contribution is 6.01. The topological polar surface area (TPSA) is 66.8 Å². The van der Waals surface area contributed by atoms with E-state index in [1.165, 1.54) is 11.0 Å². The van der Waals surface area contributed by atoms with Gasteiger partial charge in [-0.3, -0.25) is 4.79 Å². The van der Waals surface area contributed by atoms with E-state index in [1.54, 1.807) is 32.4 Å². The van der Waals surface area contributed by atoms with Gasteiger partial charge in [0.25, 0.3) is 0 Å². The number of para-hydroxylation sites is 1. The normalized spacial score (nSPS) is 16.3. The van der Waals surface area contributed by atoms with Crippen LogP contribution in [0.15, 0.2) is 24.3 Å². The van der Waals surface area contributed by atoms with Gasteiger partial charge in [-0.15, -0.1) is 0 Å². The van der Waals surface area contributed by atoms with Crippen LogP contribution < -0.4 is 4.90 Å². The minimum atomic E-state index is -1.04. The van der Waals surface area contributed by atoms with Crippen molar-refractivity contribution in [3.63, 3.8) is 0 Å². The first-order valence-corrected chi connectivity index (χ1v) is 6.63. The zero-order chi connectivity index (χ0) is 14.8. The van der Waals surface area contributed by atoms with Gasteiger partial charge in [0.15, 0.2) is 0 Å². The van der Waals surface area contributed by atoms with Crippen molar-refractivity contribution in [2.24, 2.45) is 0 Å². The molecule has 5 heteroatoms. The lowest BCUT2D eigenvalue weighted by Crippen LogP contribution is -2.44. The van der Waals surface area contributed by atoms with E-state index >= 15 is 0 Å². The Morgan fingerprint density at radius 1 is 1.35 bits per heavy atom. The van der Waals surface area contributed by atoms with E-state index in [2.05, 4.69) is 0 Å². The number of hydrogen-bond donors (Lipinski definition) is 1. The summed E-state index contributed by atoms with van der Waals surface area (Å²) < 4.78 is 5.44. The maximum Gasteiger partial charge on any atom is 0.337 e. The average Bonchev–Trinajstić information content (AvgIpc) is 2.41.